The molecular formula is C19H14N4O3. The van der Waals surface area contributed by atoms with Crippen molar-refractivity contribution in [2.24, 2.45) is 10.2 Å². The normalized spacial score (nSPS) is 11.4. The molecule has 1 aromatic carbocycles. The second-order valence-electron chi connectivity index (χ2n) is 5.75. The van der Waals surface area contributed by atoms with E-state index in [1.165, 1.54) is 12.1 Å². The van der Waals surface area contributed by atoms with Gasteiger partial charge in [-0.3, -0.25) is 4.40 Å². The van der Waals surface area contributed by atoms with Crippen LogP contribution in [-0.2, 0) is 0 Å². The quantitative estimate of drug-likeness (QED) is 0.525. The van der Waals surface area contributed by atoms with Crippen LogP contribution in [0.3, 0.4) is 0 Å². The molecule has 4 rings (SSSR count). The van der Waals surface area contributed by atoms with E-state index < -0.39 is 5.97 Å². The first-order valence-corrected chi connectivity index (χ1v) is 7.89. The molecule has 0 aliphatic rings. The molecule has 0 spiro atoms. The van der Waals surface area contributed by atoms with E-state index in [9.17, 15) is 4.79 Å². The second-order valence-corrected chi connectivity index (χ2v) is 5.75. The molecule has 3 aromatic heterocycles. The number of pyridine rings is 1. The Morgan fingerprint density at radius 3 is 2.81 bits per heavy atom. The molecule has 7 heteroatoms. The minimum absolute atomic E-state index is 0.154. The van der Waals surface area contributed by atoms with Crippen molar-refractivity contribution in [3.8, 4) is 11.5 Å². The summed E-state index contributed by atoms with van der Waals surface area (Å²) in [6.07, 6.45) is 3.44. The maximum Gasteiger partial charge on any atom is 0.335 e. The molecule has 4 aromatic rings. The highest BCUT2D eigenvalue weighted by Gasteiger charge is 2.16. The van der Waals surface area contributed by atoms with Crippen LogP contribution in [0.4, 0.5) is 11.5 Å². The number of imidazole rings is 1. The average Bonchev–Trinajstić information content (AvgIpc) is 3.27. The van der Waals surface area contributed by atoms with Crippen LogP contribution in [-0.4, -0.2) is 20.5 Å². The first-order valence-electron chi connectivity index (χ1n) is 7.89. The number of benzene rings is 1. The number of furan rings is 1. The summed E-state index contributed by atoms with van der Waals surface area (Å²) in [5.74, 6) is 0.0823. The van der Waals surface area contributed by atoms with Gasteiger partial charge in [0.05, 0.1) is 17.5 Å². The number of carboxylic acid groups (broad SMARTS) is 1. The molecule has 0 aliphatic carbocycles. The monoisotopic (exact) mass is 346 g/mol. The number of azo groups is 1. The number of carbonyl (C=O) groups is 1. The third kappa shape index (κ3) is 2.86. The Kier molecular flexibility index (Phi) is 3.81. The molecule has 0 amide bonds. The molecule has 0 aliphatic heterocycles. The fraction of sp³-hybridized carbons (Fsp3) is 0.0526. The summed E-state index contributed by atoms with van der Waals surface area (Å²) < 4.78 is 7.28. The SMILES string of the molecule is Cc1ccn2c(N=Nc3cccc(C(=O)O)c3)c(-c3ccco3)nc2c1. The van der Waals surface area contributed by atoms with Crippen LogP contribution in [0.15, 0.2) is 75.6 Å². The molecule has 128 valence electrons. The lowest BCUT2D eigenvalue weighted by Crippen LogP contribution is -1.94. The first-order chi connectivity index (χ1) is 12.6. The van der Waals surface area contributed by atoms with Crippen LogP contribution in [0.1, 0.15) is 15.9 Å². The Morgan fingerprint density at radius 2 is 2.04 bits per heavy atom. The Hall–Kier alpha value is -3.74. The number of fused-ring (bicyclic) bond motifs is 1. The van der Waals surface area contributed by atoms with Crippen molar-refractivity contribution in [1.82, 2.24) is 9.38 Å². The van der Waals surface area contributed by atoms with Crippen LogP contribution in [0.2, 0.25) is 0 Å². The lowest BCUT2D eigenvalue weighted by Gasteiger charge is -1.99. The molecule has 0 fully saturated rings. The van der Waals surface area contributed by atoms with Crippen molar-refractivity contribution in [3.63, 3.8) is 0 Å². The fourth-order valence-corrected chi connectivity index (χ4v) is 2.61. The summed E-state index contributed by atoms with van der Waals surface area (Å²) in [4.78, 5) is 15.7. The number of rotatable bonds is 4. The number of hydrogen-bond acceptors (Lipinski definition) is 5. The third-order valence-corrected chi connectivity index (χ3v) is 3.86. The number of aryl methyl sites for hydroxylation is 1. The molecule has 0 bridgehead atoms. The van der Waals surface area contributed by atoms with Crippen LogP contribution < -0.4 is 0 Å². The number of hydrogen-bond donors (Lipinski definition) is 1. The summed E-state index contributed by atoms with van der Waals surface area (Å²) in [5.41, 5.74) is 2.97. The molecule has 0 atom stereocenters. The zero-order chi connectivity index (χ0) is 18.1. The highest BCUT2D eigenvalue weighted by atomic mass is 16.4. The van der Waals surface area contributed by atoms with E-state index in [0.29, 0.717) is 23.0 Å². The summed E-state index contributed by atoms with van der Waals surface area (Å²) in [5, 5.41) is 17.6. The van der Waals surface area contributed by atoms with Gasteiger partial charge in [0.1, 0.15) is 5.65 Å². The Morgan fingerprint density at radius 1 is 1.15 bits per heavy atom. The largest absolute Gasteiger partial charge is 0.478 e. The fourth-order valence-electron chi connectivity index (χ4n) is 2.61. The van der Waals surface area contributed by atoms with Crippen LogP contribution >= 0.6 is 0 Å². The summed E-state index contributed by atoms with van der Waals surface area (Å²) in [6, 6.07) is 13.8. The number of aromatic nitrogens is 2. The number of aromatic carboxylic acids is 1. The maximum atomic E-state index is 11.1. The van der Waals surface area contributed by atoms with Gasteiger partial charge in [-0.25, -0.2) is 9.78 Å². The van der Waals surface area contributed by atoms with E-state index in [1.807, 2.05) is 29.7 Å². The standard InChI is InChI=1S/C19H14N4O3/c1-12-7-8-23-16(10-12)20-17(15-6-3-9-26-15)18(23)22-21-14-5-2-4-13(11-14)19(24)25/h2-11H,1H3,(H,24,25). The smallest absolute Gasteiger partial charge is 0.335 e. The van der Waals surface area contributed by atoms with Crippen molar-refractivity contribution in [1.29, 1.82) is 0 Å². The van der Waals surface area contributed by atoms with Crippen LogP contribution in [0.25, 0.3) is 17.1 Å². The van der Waals surface area contributed by atoms with Gasteiger partial charge in [0.2, 0.25) is 0 Å². The zero-order valence-electron chi connectivity index (χ0n) is 13.8. The van der Waals surface area contributed by atoms with Crippen molar-refractivity contribution in [2.45, 2.75) is 6.92 Å². The van der Waals surface area contributed by atoms with Gasteiger partial charge >= 0.3 is 5.97 Å². The van der Waals surface area contributed by atoms with Gasteiger partial charge in [-0.05, 0) is 55.0 Å². The summed E-state index contributed by atoms with van der Waals surface area (Å²) >= 11 is 0. The van der Waals surface area contributed by atoms with Gasteiger partial charge in [0.15, 0.2) is 17.3 Å². The topological polar surface area (TPSA) is 92.5 Å². The molecule has 1 N–H and O–H groups in total. The van der Waals surface area contributed by atoms with Gasteiger partial charge in [-0.1, -0.05) is 6.07 Å². The van der Waals surface area contributed by atoms with E-state index in [4.69, 9.17) is 9.52 Å². The van der Waals surface area contributed by atoms with Gasteiger partial charge in [0, 0.05) is 6.20 Å². The first kappa shape index (κ1) is 15.8. The van der Waals surface area contributed by atoms with E-state index in [0.717, 1.165) is 11.2 Å². The molecule has 26 heavy (non-hydrogen) atoms. The van der Waals surface area contributed by atoms with E-state index in [2.05, 4.69) is 15.2 Å². The minimum atomic E-state index is -1.01. The van der Waals surface area contributed by atoms with E-state index in [1.54, 1.807) is 30.5 Å². The molecule has 7 nitrogen and oxygen atoms in total. The van der Waals surface area contributed by atoms with E-state index >= 15 is 0 Å². The van der Waals surface area contributed by atoms with Gasteiger partial charge in [-0.15, -0.1) is 10.2 Å². The number of nitrogens with zero attached hydrogens (tertiary/aromatic N) is 4. The minimum Gasteiger partial charge on any atom is -0.478 e. The number of carboxylic acids is 1. The molecule has 3 heterocycles. The average molecular weight is 346 g/mol. The van der Waals surface area contributed by atoms with Gasteiger partial charge in [0.25, 0.3) is 0 Å². The van der Waals surface area contributed by atoms with Crippen LogP contribution in [0, 0.1) is 6.92 Å². The van der Waals surface area contributed by atoms with Crippen molar-refractivity contribution in [2.75, 3.05) is 0 Å². The predicted octanol–water partition coefficient (Wildman–Crippen LogP) is 5.02. The Balaban J connectivity index is 1.84. The lowest BCUT2D eigenvalue weighted by atomic mass is 10.2. The molecule has 0 radical (unpaired) electrons. The Bertz CT molecular complexity index is 1130. The second kappa shape index (κ2) is 6.29. The Labute approximate surface area is 148 Å². The van der Waals surface area contributed by atoms with E-state index in [-0.39, 0.29) is 5.56 Å². The highest BCUT2D eigenvalue weighted by molar-refractivity contribution is 5.88. The molecular weight excluding hydrogens is 332 g/mol. The molecule has 0 unspecified atom stereocenters. The van der Waals surface area contributed by atoms with Crippen molar-refractivity contribution >= 4 is 23.1 Å². The summed E-state index contributed by atoms with van der Waals surface area (Å²) in [7, 11) is 0. The van der Waals surface area contributed by atoms with Crippen molar-refractivity contribution < 1.29 is 14.3 Å². The van der Waals surface area contributed by atoms with Gasteiger partial charge < -0.3 is 9.52 Å². The maximum absolute atomic E-state index is 11.1. The lowest BCUT2D eigenvalue weighted by molar-refractivity contribution is 0.0697. The van der Waals surface area contributed by atoms with Crippen LogP contribution in [0.5, 0.6) is 0 Å². The molecule has 0 saturated carbocycles. The predicted molar refractivity (Wildman–Crippen MR) is 95.2 cm³/mol. The zero-order valence-corrected chi connectivity index (χ0v) is 13.8. The summed E-state index contributed by atoms with van der Waals surface area (Å²) in [6.45, 7) is 1.99. The van der Waals surface area contributed by atoms with Crippen molar-refractivity contribution in [3.05, 3.63) is 72.1 Å². The third-order valence-electron chi connectivity index (χ3n) is 3.86. The van der Waals surface area contributed by atoms with Gasteiger partial charge in [-0.2, -0.15) is 0 Å². The molecule has 0 saturated heterocycles. The highest BCUT2D eigenvalue weighted by Crippen LogP contribution is 2.32.